The summed E-state index contributed by atoms with van der Waals surface area (Å²) in [5.41, 5.74) is 1.71. The monoisotopic (exact) mass is 516 g/mol. The second kappa shape index (κ2) is 8.97. The summed E-state index contributed by atoms with van der Waals surface area (Å²) < 4.78 is 42.8. The van der Waals surface area contributed by atoms with E-state index in [1.165, 1.54) is 6.92 Å². The number of amides is 1. The molecule has 27 heavy (non-hydrogen) atoms. The van der Waals surface area contributed by atoms with Gasteiger partial charge < -0.3 is 9.30 Å². The fourth-order valence-electron chi connectivity index (χ4n) is 2.56. The number of nitrogens with zero attached hydrogens (tertiary/aromatic N) is 1. The topological polar surface area (TPSA) is 104 Å². The Morgan fingerprint density at radius 3 is 2.81 bits per heavy atom. The molecule has 0 bridgehead atoms. The number of halogens is 2. The molecule has 8 nitrogen and oxygen atoms in total. The average molecular weight is 516 g/mol. The second-order valence-electron chi connectivity index (χ2n) is 6.60. The fraction of sp³-hybridized carbons (Fsp3) is 0.625. The highest BCUT2D eigenvalue weighted by Crippen LogP contribution is 2.23. The van der Waals surface area contributed by atoms with E-state index in [0.717, 1.165) is 35.9 Å². The standard InChI is InChI=1S/C16H22FIN2O6S/c1-16(27(2,23)24,15(22)19-26-13-5-3-4-8-25-13)6-7-20-10-11(17)9-12(18)14(20)21/h9-10,13H,3-8H2,1-2H3,(H,19,22)/t13?,16-/m1/s1. The maximum atomic E-state index is 13.6. The van der Waals surface area contributed by atoms with Gasteiger partial charge in [-0.3, -0.25) is 9.59 Å². The molecule has 0 radical (unpaired) electrons. The summed E-state index contributed by atoms with van der Waals surface area (Å²) in [5, 5.41) is 0. The molecule has 0 aromatic carbocycles. The van der Waals surface area contributed by atoms with Gasteiger partial charge in [-0.2, -0.15) is 0 Å². The van der Waals surface area contributed by atoms with Crippen LogP contribution in [0, 0.1) is 9.39 Å². The van der Waals surface area contributed by atoms with Crippen LogP contribution in [0.1, 0.15) is 32.6 Å². The Balaban J connectivity index is 2.13. The molecule has 2 atom stereocenters. The normalized spacial score (nSPS) is 20.1. The number of carbonyl (C=O) groups excluding carboxylic acids is 1. The number of hydrogen-bond acceptors (Lipinski definition) is 6. The smallest absolute Gasteiger partial charge is 0.264 e. The molecular formula is C16H22FIN2O6S. The van der Waals surface area contributed by atoms with Crippen molar-refractivity contribution < 1.29 is 27.2 Å². The molecule has 1 amide bonds. The molecule has 0 saturated carbocycles. The Kier molecular flexibility index (Phi) is 7.39. The molecule has 1 saturated heterocycles. The summed E-state index contributed by atoms with van der Waals surface area (Å²) in [6, 6.07) is 1.08. The van der Waals surface area contributed by atoms with E-state index in [4.69, 9.17) is 9.57 Å². The van der Waals surface area contributed by atoms with Crippen LogP contribution >= 0.6 is 22.6 Å². The molecule has 1 unspecified atom stereocenters. The number of aryl methyl sites for hydroxylation is 1. The van der Waals surface area contributed by atoms with Gasteiger partial charge in [0.1, 0.15) is 5.82 Å². The van der Waals surface area contributed by atoms with Crippen LogP contribution in [0.15, 0.2) is 17.1 Å². The summed E-state index contributed by atoms with van der Waals surface area (Å²) in [6.07, 6.45) is 3.43. The maximum Gasteiger partial charge on any atom is 0.264 e. The third-order valence-corrected chi connectivity index (χ3v) is 7.36. The van der Waals surface area contributed by atoms with Crippen molar-refractivity contribution in [3.8, 4) is 0 Å². The van der Waals surface area contributed by atoms with Gasteiger partial charge in [0.05, 0.1) is 3.57 Å². The molecular weight excluding hydrogens is 494 g/mol. The van der Waals surface area contributed by atoms with Crippen LogP contribution in [0.3, 0.4) is 0 Å². The van der Waals surface area contributed by atoms with Gasteiger partial charge in [-0.25, -0.2) is 23.1 Å². The molecule has 152 valence electrons. The lowest BCUT2D eigenvalue weighted by Crippen LogP contribution is -2.51. The quantitative estimate of drug-likeness (QED) is 0.434. The van der Waals surface area contributed by atoms with E-state index in [-0.39, 0.29) is 16.5 Å². The zero-order valence-corrected chi connectivity index (χ0v) is 18.0. The number of nitrogens with one attached hydrogen (secondary N) is 1. The molecule has 1 fully saturated rings. The maximum absolute atomic E-state index is 13.6. The summed E-state index contributed by atoms with van der Waals surface area (Å²) in [4.78, 5) is 29.8. The first-order valence-electron chi connectivity index (χ1n) is 8.37. The van der Waals surface area contributed by atoms with Crippen LogP contribution in [0.5, 0.6) is 0 Å². The number of pyridine rings is 1. The van der Waals surface area contributed by atoms with Crippen molar-refractivity contribution >= 4 is 38.3 Å². The summed E-state index contributed by atoms with van der Waals surface area (Å²) >= 11 is 1.70. The molecule has 11 heteroatoms. The van der Waals surface area contributed by atoms with E-state index in [2.05, 4.69) is 5.48 Å². The van der Waals surface area contributed by atoms with Crippen LogP contribution in [0.4, 0.5) is 4.39 Å². The van der Waals surface area contributed by atoms with Crippen molar-refractivity contribution in [1.82, 2.24) is 10.0 Å². The number of rotatable bonds is 7. The summed E-state index contributed by atoms with van der Waals surface area (Å²) in [7, 11) is -3.86. The van der Waals surface area contributed by atoms with E-state index in [9.17, 15) is 22.4 Å². The Morgan fingerprint density at radius 2 is 2.22 bits per heavy atom. The van der Waals surface area contributed by atoms with E-state index < -0.39 is 38.2 Å². The van der Waals surface area contributed by atoms with E-state index in [0.29, 0.717) is 13.0 Å². The minimum absolute atomic E-state index is 0.149. The van der Waals surface area contributed by atoms with E-state index in [1.807, 2.05) is 0 Å². The molecule has 0 aliphatic carbocycles. The third kappa shape index (κ3) is 5.48. The van der Waals surface area contributed by atoms with E-state index in [1.54, 1.807) is 22.6 Å². The SMILES string of the molecule is C[C@@](CCn1cc(F)cc(I)c1=O)(C(=O)NOC1CCCCO1)S(C)(=O)=O. The van der Waals surface area contributed by atoms with Gasteiger partial charge in [0.15, 0.2) is 20.9 Å². The number of hydroxylamine groups is 1. The van der Waals surface area contributed by atoms with Gasteiger partial charge in [-0.1, -0.05) is 0 Å². The minimum atomic E-state index is -3.86. The van der Waals surface area contributed by atoms with Crippen molar-refractivity contribution in [1.29, 1.82) is 0 Å². The second-order valence-corrected chi connectivity index (χ2v) is 10.2. The Bertz CT molecular complexity index is 853. The average Bonchev–Trinajstić information content (AvgIpc) is 2.61. The number of hydrogen-bond donors (Lipinski definition) is 1. The zero-order valence-electron chi connectivity index (χ0n) is 15.0. The zero-order chi connectivity index (χ0) is 20.2. The number of sulfone groups is 1. The van der Waals surface area contributed by atoms with Gasteiger partial charge in [-0.15, -0.1) is 0 Å². The highest BCUT2D eigenvalue weighted by Gasteiger charge is 2.44. The lowest BCUT2D eigenvalue weighted by Gasteiger charge is -2.28. The Hall–Kier alpha value is -1.05. The van der Waals surface area contributed by atoms with Crippen molar-refractivity contribution in [2.45, 2.75) is 50.2 Å². The Morgan fingerprint density at radius 1 is 1.52 bits per heavy atom. The van der Waals surface area contributed by atoms with Crippen molar-refractivity contribution in [2.24, 2.45) is 0 Å². The lowest BCUT2D eigenvalue weighted by atomic mass is 10.1. The van der Waals surface area contributed by atoms with Crippen molar-refractivity contribution in [3.05, 3.63) is 32.0 Å². The number of aromatic nitrogens is 1. The van der Waals surface area contributed by atoms with Crippen molar-refractivity contribution in [3.63, 3.8) is 0 Å². The van der Waals surface area contributed by atoms with Gasteiger partial charge in [0.2, 0.25) is 0 Å². The molecule has 1 aliphatic heterocycles. The van der Waals surface area contributed by atoms with Crippen LogP contribution in [0.25, 0.3) is 0 Å². The predicted molar refractivity (Wildman–Crippen MR) is 104 cm³/mol. The molecule has 2 heterocycles. The number of ether oxygens (including phenoxy) is 1. The predicted octanol–water partition coefficient (Wildman–Crippen LogP) is 1.36. The van der Waals surface area contributed by atoms with Gasteiger partial charge in [-0.05, 0) is 54.8 Å². The van der Waals surface area contributed by atoms with Crippen molar-refractivity contribution in [2.75, 3.05) is 12.9 Å². The third-order valence-electron chi connectivity index (χ3n) is 4.56. The summed E-state index contributed by atoms with van der Waals surface area (Å²) in [6.45, 7) is 1.60. The molecule has 1 aromatic rings. The van der Waals surface area contributed by atoms with Crippen LogP contribution in [-0.2, 0) is 30.8 Å². The first kappa shape index (κ1) is 22.2. The molecule has 1 aliphatic rings. The summed E-state index contributed by atoms with van der Waals surface area (Å²) in [5.74, 6) is -1.49. The molecule has 0 spiro atoms. The minimum Gasteiger partial charge on any atom is -0.350 e. The fourth-order valence-corrected chi connectivity index (χ4v) is 4.01. The highest BCUT2D eigenvalue weighted by atomic mass is 127. The van der Waals surface area contributed by atoms with Crippen LogP contribution < -0.4 is 11.0 Å². The number of carbonyl (C=O) groups is 1. The van der Waals surface area contributed by atoms with Crippen LogP contribution in [0.2, 0.25) is 0 Å². The van der Waals surface area contributed by atoms with Gasteiger partial charge in [0, 0.05) is 32.0 Å². The molecule has 1 N–H and O–H groups in total. The highest BCUT2D eigenvalue weighted by molar-refractivity contribution is 14.1. The molecule has 2 rings (SSSR count). The first-order chi connectivity index (χ1) is 12.5. The molecule has 1 aromatic heterocycles. The first-order valence-corrected chi connectivity index (χ1v) is 11.3. The van der Waals surface area contributed by atoms with Gasteiger partial charge in [0.25, 0.3) is 11.5 Å². The van der Waals surface area contributed by atoms with Gasteiger partial charge >= 0.3 is 0 Å². The Labute approximate surface area is 170 Å². The lowest BCUT2D eigenvalue weighted by molar-refractivity contribution is -0.201. The van der Waals surface area contributed by atoms with Crippen LogP contribution in [-0.4, -0.2) is 42.8 Å². The largest absolute Gasteiger partial charge is 0.350 e. The van der Waals surface area contributed by atoms with E-state index >= 15 is 0 Å².